The van der Waals surface area contributed by atoms with Crippen molar-refractivity contribution in [3.8, 4) is 0 Å². The minimum atomic E-state index is 0.0385. The summed E-state index contributed by atoms with van der Waals surface area (Å²) in [6, 6.07) is 0. The van der Waals surface area contributed by atoms with Crippen molar-refractivity contribution in [1.29, 1.82) is 0 Å². The van der Waals surface area contributed by atoms with Gasteiger partial charge in [0.05, 0.1) is 13.2 Å². The molecule has 19 heavy (non-hydrogen) atoms. The Bertz CT molecular complexity index is 332. The Kier molecular flexibility index (Phi) is 5.01. The first-order chi connectivity index (χ1) is 9.16. The van der Waals surface area contributed by atoms with Crippen molar-refractivity contribution in [1.82, 2.24) is 9.80 Å². The van der Waals surface area contributed by atoms with E-state index >= 15 is 0 Å². The van der Waals surface area contributed by atoms with E-state index in [-0.39, 0.29) is 12.5 Å². The molecule has 0 bridgehead atoms. The zero-order chi connectivity index (χ0) is 13.7. The lowest BCUT2D eigenvalue weighted by Gasteiger charge is -2.31. The van der Waals surface area contributed by atoms with Crippen LogP contribution in [-0.4, -0.2) is 67.6 Å². The maximum absolute atomic E-state index is 11.9. The van der Waals surface area contributed by atoms with E-state index in [1.165, 1.54) is 0 Å². The van der Waals surface area contributed by atoms with Crippen LogP contribution in [0.15, 0.2) is 4.99 Å². The van der Waals surface area contributed by atoms with Gasteiger partial charge in [0, 0.05) is 26.2 Å². The number of likely N-dealkylation sites (tertiary alicyclic amines) is 1. The molecule has 0 aromatic heterocycles. The molecule has 2 aliphatic heterocycles. The second-order valence-electron chi connectivity index (χ2n) is 5.34. The van der Waals surface area contributed by atoms with Gasteiger partial charge in [-0.2, -0.15) is 0 Å². The number of guanidine groups is 1. The fourth-order valence-electron chi connectivity index (χ4n) is 2.40. The van der Waals surface area contributed by atoms with Gasteiger partial charge >= 0.3 is 0 Å². The van der Waals surface area contributed by atoms with Crippen molar-refractivity contribution in [2.24, 2.45) is 16.6 Å². The van der Waals surface area contributed by atoms with E-state index in [9.17, 15) is 4.79 Å². The molecular weight excluding hydrogens is 244 g/mol. The van der Waals surface area contributed by atoms with E-state index in [1.54, 1.807) is 4.90 Å². The van der Waals surface area contributed by atoms with E-state index < -0.39 is 0 Å². The van der Waals surface area contributed by atoms with Crippen molar-refractivity contribution < 1.29 is 9.53 Å². The molecule has 1 amide bonds. The second kappa shape index (κ2) is 6.75. The number of morpholine rings is 1. The molecule has 2 heterocycles. The Morgan fingerprint density at radius 1 is 1.21 bits per heavy atom. The van der Waals surface area contributed by atoms with E-state index in [0.717, 1.165) is 31.8 Å². The average Bonchev–Trinajstić information content (AvgIpc) is 2.46. The zero-order valence-electron chi connectivity index (χ0n) is 11.7. The highest BCUT2D eigenvalue weighted by molar-refractivity contribution is 5.84. The van der Waals surface area contributed by atoms with Gasteiger partial charge in [0.25, 0.3) is 0 Å². The van der Waals surface area contributed by atoms with E-state index in [4.69, 9.17) is 10.5 Å². The second-order valence-corrected chi connectivity index (χ2v) is 5.34. The van der Waals surface area contributed by atoms with Gasteiger partial charge in [0.15, 0.2) is 5.96 Å². The number of piperidine rings is 1. The summed E-state index contributed by atoms with van der Waals surface area (Å²) in [5, 5.41) is 0. The van der Waals surface area contributed by atoms with Gasteiger partial charge in [-0.1, -0.05) is 6.92 Å². The quantitative estimate of drug-likeness (QED) is 0.560. The van der Waals surface area contributed by atoms with Gasteiger partial charge in [-0.3, -0.25) is 4.79 Å². The van der Waals surface area contributed by atoms with Crippen LogP contribution in [0, 0.1) is 5.92 Å². The lowest BCUT2D eigenvalue weighted by Crippen LogP contribution is -2.44. The minimum Gasteiger partial charge on any atom is -0.378 e. The third kappa shape index (κ3) is 4.09. The van der Waals surface area contributed by atoms with E-state index in [0.29, 0.717) is 32.3 Å². The van der Waals surface area contributed by atoms with Crippen molar-refractivity contribution >= 4 is 11.9 Å². The number of rotatable bonds is 2. The fourth-order valence-corrected chi connectivity index (χ4v) is 2.40. The summed E-state index contributed by atoms with van der Waals surface area (Å²) < 4.78 is 5.22. The number of carbonyl (C=O) groups is 1. The number of hydrogen-bond donors (Lipinski definition) is 1. The molecule has 0 aliphatic carbocycles. The summed E-state index contributed by atoms with van der Waals surface area (Å²) in [7, 11) is 0. The number of amides is 1. The molecule has 0 atom stereocenters. The Morgan fingerprint density at radius 2 is 1.84 bits per heavy atom. The Morgan fingerprint density at radius 3 is 2.47 bits per heavy atom. The fraction of sp³-hybridized carbons (Fsp3) is 0.846. The normalized spacial score (nSPS) is 22.7. The summed E-state index contributed by atoms with van der Waals surface area (Å²) in [6.07, 6.45) is 2.29. The zero-order valence-corrected chi connectivity index (χ0v) is 11.7. The molecule has 2 saturated heterocycles. The van der Waals surface area contributed by atoms with Gasteiger partial charge in [-0.15, -0.1) is 0 Å². The summed E-state index contributed by atoms with van der Waals surface area (Å²) in [4.78, 5) is 20.0. The largest absolute Gasteiger partial charge is 0.378 e. The Balaban J connectivity index is 1.78. The van der Waals surface area contributed by atoms with Gasteiger partial charge in [-0.25, -0.2) is 4.99 Å². The van der Waals surface area contributed by atoms with Crippen molar-refractivity contribution in [3.63, 3.8) is 0 Å². The summed E-state index contributed by atoms with van der Waals surface area (Å²) in [5.41, 5.74) is 5.95. The molecule has 108 valence electrons. The smallest absolute Gasteiger partial charge is 0.244 e. The van der Waals surface area contributed by atoms with Crippen LogP contribution in [0.3, 0.4) is 0 Å². The molecule has 0 unspecified atom stereocenters. The van der Waals surface area contributed by atoms with Crippen molar-refractivity contribution in [3.05, 3.63) is 0 Å². The monoisotopic (exact) mass is 268 g/mol. The van der Waals surface area contributed by atoms with E-state index in [2.05, 4.69) is 16.8 Å². The van der Waals surface area contributed by atoms with Crippen LogP contribution in [0.4, 0.5) is 0 Å². The van der Waals surface area contributed by atoms with Crippen LogP contribution >= 0.6 is 0 Å². The topological polar surface area (TPSA) is 71.2 Å². The molecular formula is C13H24N4O2. The van der Waals surface area contributed by atoms with Gasteiger partial charge in [0.1, 0.15) is 6.54 Å². The third-order valence-corrected chi connectivity index (χ3v) is 3.85. The van der Waals surface area contributed by atoms with E-state index in [1.807, 2.05) is 0 Å². The van der Waals surface area contributed by atoms with Gasteiger partial charge in [-0.05, 0) is 18.8 Å². The molecule has 2 N–H and O–H groups in total. The highest BCUT2D eigenvalue weighted by atomic mass is 16.5. The molecule has 6 heteroatoms. The van der Waals surface area contributed by atoms with Crippen LogP contribution in [-0.2, 0) is 9.53 Å². The van der Waals surface area contributed by atoms with Crippen molar-refractivity contribution in [2.75, 3.05) is 45.9 Å². The first kappa shape index (κ1) is 14.1. The molecule has 0 aromatic rings. The number of aliphatic imine (C=N–C) groups is 1. The lowest BCUT2D eigenvalue weighted by molar-refractivity contribution is -0.133. The van der Waals surface area contributed by atoms with Crippen LogP contribution in [0.2, 0.25) is 0 Å². The maximum atomic E-state index is 11.9. The highest BCUT2D eigenvalue weighted by Crippen LogP contribution is 2.15. The highest BCUT2D eigenvalue weighted by Gasteiger charge is 2.19. The molecule has 6 nitrogen and oxygen atoms in total. The number of nitrogens with zero attached hydrogens (tertiary/aromatic N) is 3. The van der Waals surface area contributed by atoms with Crippen LogP contribution in [0.5, 0.6) is 0 Å². The Labute approximate surface area is 114 Å². The summed E-state index contributed by atoms with van der Waals surface area (Å²) in [5.74, 6) is 1.31. The van der Waals surface area contributed by atoms with Crippen molar-refractivity contribution in [2.45, 2.75) is 19.8 Å². The average molecular weight is 268 g/mol. The molecule has 2 rings (SSSR count). The number of carbonyl (C=O) groups excluding carboxylic acids is 1. The number of ether oxygens (including phenoxy) is 1. The first-order valence-corrected chi connectivity index (χ1v) is 7.07. The Hall–Kier alpha value is -1.30. The maximum Gasteiger partial charge on any atom is 0.244 e. The number of nitrogens with two attached hydrogens (primary N) is 1. The molecule has 0 spiro atoms. The lowest BCUT2D eigenvalue weighted by atomic mass is 10.00. The third-order valence-electron chi connectivity index (χ3n) is 3.85. The molecule has 0 saturated carbocycles. The predicted molar refractivity (Wildman–Crippen MR) is 73.9 cm³/mol. The molecule has 0 radical (unpaired) electrons. The summed E-state index contributed by atoms with van der Waals surface area (Å²) in [6.45, 7) is 6.86. The molecule has 2 fully saturated rings. The summed E-state index contributed by atoms with van der Waals surface area (Å²) >= 11 is 0. The van der Waals surface area contributed by atoms with Crippen LogP contribution < -0.4 is 5.73 Å². The minimum absolute atomic E-state index is 0.0385. The predicted octanol–water partition coefficient (Wildman–Crippen LogP) is -0.108. The van der Waals surface area contributed by atoms with Gasteiger partial charge < -0.3 is 20.3 Å². The SMILES string of the molecule is CC1CCN(C(N)=NCC(=O)N2CCOCC2)CC1. The number of hydrogen-bond acceptors (Lipinski definition) is 3. The molecule has 0 aromatic carbocycles. The van der Waals surface area contributed by atoms with Gasteiger partial charge in [0.2, 0.25) is 5.91 Å². The standard InChI is InChI=1S/C13H24N4O2/c1-11-2-4-17(5-3-11)13(14)15-10-12(18)16-6-8-19-9-7-16/h11H,2-10H2,1H3,(H2,14,15). The first-order valence-electron chi connectivity index (χ1n) is 7.07. The molecule has 2 aliphatic rings. The van der Waals surface area contributed by atoms with Crippen LogP contribution in [0.1, 0.15) is 19.8 Å². The van der Waals surface area contributed by atoms with Crippen LogP contribution in [0.25, 0.3) is 0 Å².